The Kier molecular flexibility index (Phi) is 10.3. The van der Waals surface area contributed by atoms with Crippen LogP contribution in [0.2, 0.25) is 0 Å². The monoisotopic (exact) mass is 795 g/mol. The molecule has 2 saturated heterocycles. The average molecular weight is 796 g/mol. The lowest BCUT2D eigenvalue weighted by molar-refractivity contribution is -0.135. The quantitative estimate of drug-likeness (QED) is 0.144. The number of methoxy groups -OCH3 is 2. The normalized spacial score (nSPS) is 20.9. The van der Waals surface area contributed by atoms with E-state index in [0.29, 0.717) is 37.8 Å². The maximum Gasteiger partial charge on any atom is 0.410 e. The van der Waals surface area contributed by atoms with Crippen LogP contribution in [0.5, 0.6) is 5.75 Å². The molecule has 0 bridgehead atoms. The molecule has 14 nitrogen and oxygen atoms in total. The number of hydrogen-bond donors (Lipinski definition) is 3. The number of hydrogen-bond acceptors (Lipinski definition) is 9. The number of rotatable bonds is 8. The van der Waals surface area contributed by atoms with Crippen LogP contribution in [0.4, 0.5) is 14.0 Å². The average Bonchev–Trinajstić information content (AvgIpc) is 4.00. The maximum atomic E-state index is 14.9. The molecule has 15 heteroatoms. The van der Waals surface area contributed by atoms with Crippen molar-refractivity contribution in [1.29, 1.82) is 0 Å². The maximum absolute atomic E-state index is 14.9. The summed E-state index contributed by atoms with van der Waals surface area (Å²) in [5, 5.41) is 4.54. The van der Waals surface area contributed by atoms with E-state index in [9.17, 15) is 18.8 Å². The number of carbonyl (C=O) groups excluding carboxylic acids is 3. The molecule has 5 aromatic rings. The van der Waals surface area contributed by atoms with Crippen molar-refractivity contribution in [1.82, 2.24) is 35.1 Å². The van der Waals surface area contributed by atoms with E-state index in [-0.39, 0.29) is 42.8 Å². The number of fused-ring (bicyclic) bond motifs is 6. The minimum absolute atomic E-state index is 0.0920. The predicted octanol–water partition coefficient (Wildman–Crippen LogP) is 7.60. The van der Waals surface area contributed by atoms with Crippen LogP contribution in [-0.2, 0) is 25.6 Å². The molecule has 0 unspecified atom stereocenters. The number of nitrogens with one attached hydrogen (secondary N) is 3. The van der Waals surface area contributed by atoms with Crippen LogP contribution < -0.4 is 10.1 Å². The number of alkyl halides is 1. The first-order valence-electron chi connectivity index (χ1n) is 19.8. The van der Waals surface area contributed by atoms with E-state index in [1.165, 1.54) is 12.0 Å². The molecule has 3 aromatic carbocycles. The second-order valence-electron chi connectivity index (χ2n) is 16.9. The van der Waals surface area contributed by atoms with Gasteiger partial charge in [0.2, 0.25) is 5.91 Å². The van der Waals surface area contributed by atoms with Gasteiger partial charge >= 0.3 is 12.2 Å². The van der Waals surface area contributed by atoms with Crippen molar-refractivity contribution >= 4 is 39.9 Å². The minimum Gasteiger partial charge on any atom is -0.488 e. The lowest BCUT2D eigenvalue weighted by Crippen LogP contribution is -2.51. The Morgan fingerprint density at radius 3 is 2.52 bits per heavy atom. The summed E-state index contributed by atoms with van der Waals surface area (Å²) in [5.74, 6) is 1.46. The van der Waals surface area contributed by atoms with E-state index >= 15 is 0 Å². The van der Waals surface area contributed by atoms with Crippen LogP contribution in [0, 0.1) is 11.8 Å². The van der Waals surface area contributed by atoms with Gasteiger partial charge in [-0.15, -0.1) is 0 Å². The number of alkyl carbamates (subject to hydrolysis) is 1. The summed E-state index contributed by atoms with van der Waals surface area (Å²) in [6, 6.07) is 12.6. The van der Waals surface area contributed by atoms with E-state index < -0.39 is 29.9 Å². The largest absolute Gasteiger partial charge is 0.488 e. The number of H-pyrrole nitrogens is 2. The topological polar surface area (TPSA) is 164 Å². The van der Waals surface area contributed by atoms with Crippen molar-refractivity contribution in [3.05, 3.63) is 65.9 Å². The van der Waals surface area contributed by atoms with Crippen molar-refractivity contribution < 1.29 is 37.7 Å². The van der Waals surface area contributed by atoms with E-state index in [4.69, 9.17) is 23.9 Å². The summed E-state index contributed by atoms with van der Waals surface area (Å²) in [6.07, 6.45) is 0.174. The summed E-state index contributed by atoms with van der Waals surface area (Å²) in [7, 11) is 2.91. The van der Waals surface area contributed by atoms with Gasteiger partial charge in [-0.3, -0.25) is 9.69 Å². The van der Waals surface area contributed by atoms with Crippen LogP contribution in [-0.4, -0.2) is 99.6 Å². The molecule has 5 atom stereocenters. The van der Waals surface area contributed by atoms with E-state index in [1.807, 2.05) is 52.8 Å². The molecule has 5 heterocycles. The summed E-state index contributed by atoms with van der Waals surface area (Å²) in [6.45, 7) is 10.5. The Morgan fingerprint density at radius 1 is 0.983 bits per heavy atom. The number of nitrogens with zero attached hydrogens (tertiary/aromatic N) is 4. The predicted molar refractivity (Wildman–Crippen MR) is 215 cm³/mol. The molecule has 2 fully saturated rings. The summed E-state index contributed by atoms with van der Waals surface area (Å²) >= 11 is 0. The van der Waals surface area contributed by atoms with Crippen molar-refractivity contribution in [2.75, 3.05) is 33.9 Å². The molecular formula is C43H50FN7O7. The van der Waals surface area contributed by atoms with Crippen molar-refractivity contribution in [3.8, 4) is 28.1 Å². The van der Waals surface area contributed by atoms with Gasteiger partial charge in [0.1, 0.15) is 41.8 Å². The number of imidazole rings is 2. The second kappa shape index (κ2) is 15.2. The smallest absolute Gasteiger partial charge is 0.410 e. The third-order valence-corrected chi connectivity index (χ3v) is 11.2. The molecule has 3 aliphatic heterocycles. The molecule has 0 radical (unpaired) electrons. The highest BCUT2D eigenvalue weighted by Gasteiger charge is 2.42. The van der Waals surface area contributed by atoms with Gasteiger partial charge in [-0.2, -0.15) is 0 Å². The molecule has 0 spiro atoms. The van der Waals surface area contributed by atoms with Crippen molar-refractivity contribution in [3.63, 3.8) is 0 Å². The Hall–Kier alpha value is -5.70. The number of carbonyl (C=O) groups is 3. The Balaban J connectivity index is 1.05. The molecule has 0 aliphatic carbocycles. The third kappa shape index (κ3) is 7.43. The zero-order valence-electron chi connectivity index (χ0n) is 33.9. The zero-order chi connectivity index (χ0) is 41.0. The fourth-order valence-electron chi connectivity index (χ4n) is 8.51. The lowest BCUT2D eigenvalue weighted by atomic mass is 9.92. The highest BCUT2D eigenvalue weighted by atomic mass is 19.1. The van der Waals surface area contributed by atoms with Crippen LogP contribution >= 0.6 is 0 Å². The molecule has 58 heavy (non-hydrogen) atoms. The van der Waals surface area contributed by atoms with Gasteiger partial charge in [-0.1, -0.05) is 32.0 Å². The first-order chi connectivity index (χ1) is 27.7. The van der Waals surface area contributed by atoms with Crippen LogP contribution in [0.25, 0.3) is 44.2 Å². The standard InChI is InChI=1S/C43H50FN7O7/c1-22(2)36(49-41(53)56-7)40(52)50-19-27(44)15-34(50)38-45-17-32(47-38)25-8-10-28-26(13-25)21-57-35-16-29-24(14-30(28)35)9-11-31-37(29)48-39(46-31)33-12-23(20-55-6)18-51(33)42(54)58-43(3,4)5/h8-11,13-14,16-17,22-23,27,33-34,36H,12,15,18-21H2,1-7H3,(H,45,47)(H,46,48)(H,49,53)/t23-,27-,33-,34-,36-/m0/s1. The lowest BCUT2D eigenvalue weighted by Gasteiger charge is -2.29. The van der Waals surface area contributed by atoms with E-state index in [0.717, 1.165) is 55.5 Å². The molecule has 2 aromatic heterocycles. The zero-order valence-corrected chi connectivity index (χ0v) is 33.9. The number of halogens is 1. The van der Waals surface area contributed by atoms with Gasteiger partial charge in [-0.25, -0.2) is 23.9 Å². The number of amides is 3. The number of likely N-dealkylation sites (tertiary alicyclic amines) is 2. The van der Waals surface area contributed by atoms with Gasteiger partial charge in [0.25, 0.3) is 0 Å². The van der Waals surface area contributed by atoms with E-state index in [2.05, 4.69) is 44.5 Å². The first kappa shape index (κ1) is 39.1. The highest BCUT2D eigenvalue weighted by Crippen LogP contribution is 2.44. The third-order valence-electron chi connectivity index (χ3n) is 11.2. The van der Waals surface area contributed by atoms with Gasteiger partial charge in [0.05, 0.1) is 55.3 Å². The fraction of sp³-hybridized carbons (Fsp3) is 0.465. The Bertz CT molecular complexity index is 2390. The van der Waals surface area contributed by atoms with Gasteiger partial charge in [-0.05, 0) is 79.5 Å². The number of aromatic amines is 2. The highest BCUT2D eigenvalue weighted by molar-refractivity contribution is 6.07. The van der Waals surface area contributed by atoms with Crippen LogP contribution in [0.1, 0.15) is 76.8 Å². The first-order valence-corrected chi connectivity index (χ1v) is 19.8. The summed E-state index contributed by atoms with van der Waals surface area (Å²) in [5.41, 5.74) is 5.64. The Morgan fingerprint density at radius 2 is 1.78 bits per heavy atom. The number of aromatic nitrogens is 4. The van der Waals surface area contributed by atoms with E-state index in [1.54, 1.807) is 18.2 Å². The molecule has 3 aliphatic rings. The number of ether oxygens (including phenoxy) is 4. The fourth-order valence-corrected chi connectivity index (χ4v) is 8.51. The van der Waals surface area contributed by atoms with Crippen molar-refractivity contribution in [2.24, 2.45) is 11.8 Å². The van der Waals surface area contributed by atoms with Gasteiger partial charge in [0.15, 0.2) is 0 Å². The molecule has 306 valence electrons. The van der Waals surface area contributed by atoms with Crippen molar-refractivity contribution in [2.45, 2.75) is 84.0 Å². The minimum atomic E-state index is -1.23. The molecule has 3 N–H and O–H groups in total. The Labute approximate surface area is 335 Å². The summed E-state index contributed by atoms with van der Waals surface area (Å²) < 4.78 is 37.2. The molecule has 3 amide bonds. The van der Waals surface area contributed by atoms with Gasteiger partial charge < -0.3 is 39.1 Å². The van der Waals surface area contributed by atoms with Gasteiger partial charge in [0, 0.05) is 36.9 Å². The molecule has 0 saturated carbocycles. The molecular weight excluding hydrogens is 746 g/mol. The van der Waals surface area contributed by atoms with Crippen LogP contribution in [0.15, 0.2) is 48.7 Å². The van der Waals surface area contributed by atoms with Crippen LogP contribution in [0.3, 0.4) is 0 Å². The summed E-state index contributed by atoms with van der Waals surface area (Å²) in [4.78, 5) is 58.7. The number of benzene rings is 3. The second-order valence-corrected chi connectivity index (χ2v) is 16.9. The molecule has 8 rings (SSSR count). The SMILES string of the molecule is COC[C@H]1C[C@@H](c2nc3c(ccc4cc5c(cc43)OCc3cc(-c4cnc([C@@H]6C[C@H](F)CN6C(=O)[C@@H](NC(=O)OC)C(C)C)[nH]4)ccc3-5)[nH]2)N(C(=O)OC(C)(C)C)C1.